The van der Waals surface area contributed by atoms with Crippen molar-refractivity contribution in [1.82, 2.24) is 4.98 Å². The van der Waals surface area contributed by atoms with Gasteiger partial charge in [-0.15, -0.1) is 0 Å². The third-order valence-corrected chi connectivity index (χ3v) is 3.00. The highest BCUT2D eigenvalue weighted by atomic mass is 15.1. The molecule has 0 radical (unpaired) electrons. The molecular weight excluding hydrogens is 186 g/mol. The highest BCUT2D eigenvalue weighted by Crippen LogP contribution is 2.37. The molecule has 0 bridgehead atoms. The van der Waals surface area contributed by atoms with Crippen molar-refractivity contribution in [2.45, 2.75) is 39.2 Å². The molecule has 3 N–H and O–H groups in total. The number of nitrogens with one attached hydrogen (secondary N) is 1. The Morgan fingerprint density at radius 3 is 3.07 bits per heavy atom. The molecule has 15 heavy (non-hydrogen) atoms. The summed E-state index contributed by atoms with van der Waals surface area (Å²) in [5.41, 5.74) is 7.53. The van der Waals surface area contributed by atoms with E-state index in [2.05, 4.69) is 17.2 Å². The Labute approximate surface area is 91.1 Å². The van der Waals surface area contributed by atoms with Gasteiger partial charge < -0.3 is 11.1 Å². The summed E-state index contributed by atoms with van der Waals surface area (Å²) in [4.78, 5) is 4.32. The molecule has 1 fully saturated rings. The lowest BCUT2D eigenvalue weighted by atomic mass is 10.2. The molecule has 0 amide bonds. The molecule has 0 aromatic carbocycles. The average molecular weight is 205 g/mol. The molecule has 1 heterocycles. The Hall–Kier alpha value is -1.25. The van der Waals surface area contributed by atoms with E-state index >= 15 is 0 Å². The number of hydrogen-bond acceptors (Lipinski definition) is 3. The van der Waals surface area contributed by atoms with Gasteiger partial charge in [0.2, 0.25) is 0 Å². The van der Waals surface area contributed by atoms with Gasteiger partial charge in [0.15, 0.2) is 0 Å². The minimum absolute atomic E-state index is 0.639. The van der Waals surface area contributed by atoms with Crippen molar-refractivity contribution in [2.24, 2.45) is 5.92 Å². The first-order chi connectivity index (χ1) is 7.20. The van der Waals surface area contributed by atoms with E-state index in [4.69, 9.17) is 5.73 Å². The number of nitrogen functional groups attached to an aromatic ring is 1. The largest absolute Gasteiger partial charge is 0.397 e. The Balaban J connectivity index is 1.95. The van der Waals surface area contributed by atoms with Gasteiger partial charge in [-0.3, -0.25) is 0 Å². The smallest absolute Gasteiger partial charge is 0.129 e. The standard InChI is InChI=1S/C12H19N3/c1-3-4-9-6-11(9)15-12-8(2)5-10(13)7-14-12/h5,7,9,11H,3-4,6,13H2,1-2H3,(H,14,15). The van der Waals surface area contributed by atoms with E-state index in [1.165, 1.54) is 19.3 Å². The van der Waals surface area contributed by atoms with Crippen LogP contribution in [0.25, 0.3) is 0 Å². The molecule has 2 rings (SSSR count). The quantitative estimate of drug-likeness (QED) is 0.794. The van der Waals surface area contributed by atoms with Gasteiger partial charge >= 0.3 is 0 Å². The third kappa shape index (κ3) is 2.41. The van der Waals surface area contributed by atoms with Crippen LogP contribution in [0.2, 0.25) is 0 Å². The lowest BCUT2D eigenvalue weighted by molar-refractivity contribution is 0.692. The van der Waals surface area contributed by atoms with Crippen LogP contribution in [0.5, 0.6) is 0 Å². The van der Waals surface area contributed by atoms with E-state index in [1.54, 1.807) is 6.20 Å². The van der Waals surface area contributed by atoms with Gasteiger partial charge in [0, 0.05) is 6.04 Å². The van der Waals surface area contributed by atoms with Gasteiger partial charge in [0.1, 0.15) is 5.82 Å². The zero-order valence-corrected chi connectivity index (χ0v) is 9.46. The van der Waals surface area contributed by atoms with Crippen LogP contribution < -0.4 is 11.1 Å². The van der Waals surface area contributed by atoms with E-state index in [-0.39, 0.29) is 0 Å². The molecule has 1 aliphatic carbocycles. The molecule has 82 valence electrons. The molecule has 1 aliphatic rings. The number of rotatable bonds is 4. The SMILES string of the molecule is CCCC1CC1Nc1ncc(N)cc1C. The van der Waals surface area contributed by atoms with Crippen LogP contribution in [0.4, 0.5) is 11.5 Å². The second-order valence-corrected chi connectivity index (χ2v) is 4.47. The zero-order chi connectivity index (χ0) is 10.8. The third-order valence-electron chi connectivity index (χ3n) is 3.00. The minimum Gasteiger partial charge on any atom is -0.397 e. The topological polar surface area (TPSA) is 50.9 Å². The Morgan fingerprint density at radius 1 is 1.60 bits per heavy atom. The molecule has 0 spiro atoms. The van der Waals surface area contributed by atoms with E-state index in [0.29, 0.717) is 6.04 Å². The number of aryl methyl sites for hydroxylation is 1. The summed E-state index contributed by atoms with van der Waals surface area (Å²) in [6.45, 7) is 4.28. The van der Waals surface area contributed by atoms with Crippen LogP contribution in [-0.4, -0.2) is 11.0 Å². The number of nitrogens with two attached hydrogens (primary N) is 1. The van der Waals surface area contributed by atoms with Crippen LogP contribution in [0, 0.1) is 12.8 Å². The second kappa shape index (κ2) is 4.09. The van der Waals surface area contributed by atoms with Crippen LogP contribution in [0.15, 0.2) is 12.3 Å². The van der Waals surface area contributed by atoms with Gasteiger partial charge in [-0.1, -0.05) is 13.3 Å². The molecule has 3 heteroatoms. The summed E-state index contributed by atoms with van der Waals surface area (Å²) in [6, 6.07) is 2.60. The van der Waals surface area contributed by atoms with Gasteiger partial charge in [-0.2, -0.15) is 0 Å². The van der Waals surface area contributed by atoms with Gasteiger partial charge in [0.05, 0.1) is 11.9 Å². The van der Waals surface area contributed by atoms with Crippen LogP contribution in [0.3, 0.4) is 0 Å². The van der Waals surface area contributed by atoms with Crippen molar-refractivity contribution in [3.63, 3.8) is 0 Å². The fourth-order valence-electron chi connectivity index (χ4n) is 2.04. The number of aromatic nitrogens is 1. The minimum atomic E-state index is 0.639. The maximum Gasteiger partial charge on any atom is 0.129 e. The molecule has 0 saturated heterocycles. The normalized spacial score (nSPS) is 23.9. The van der Waals surface area contributed by atoms with Crippen molar-refractivity contribution >= 4 is 11.5 Å². The van der Waals surface area contributed by atoms with Gasteiger partial charge in [-0.25, -0.2) is 4.98 Å². The predicted molar refractivity (Wildman–Crippen MR) is 63.8 cm³/mol. The molecule has 2 unspecified atom stereocenters. The Morgan fingerprint density at radius 2 is 2.40 bits per heavy atom. The average Bonchev–Trinajstić information content (AvgIpc) is 2.90. The summed E-state index contributed by atoms with van der Waals surface area (Å²) in [5.74, 6) is 1.85. The second-order valence-electron chi connectivity index (χ2n) is 4.47. The summed E-state index contributed by atoms with van der Waals surface area (Å²) >= 11 is 0. The van der Waals surface area contributed by atoms with E-state index in [9.17, 15) is 0 Å². The highest BCUT2D eigenvalue weighted by Gasteiger charge is 2.36. The number of hydrogen-bond donors (Lipinski definition) is 2. The maximum absolute atomic E-state index is 5.66. The van der Waals surface area contributed by atoms with E-state index < -0.39 is 0 Å². The van der Waals surface area contributed by atoms with Gasteiger partial charge in [-0.05, 0) is 37.3 Å². The fraction of sp³-hybridized carbons (Fsp3) is 0.583. The fourth-order valence-corrected chi connectivity index (χ4v) is 2.04. The lowest BCUT2D eigenvalue weighted by Crippen LogP contribution is -2.08. The molecule has 1 aromatic heterocycles. The van der Waals surface area contributed by atoms with Crippen molar-refractivity contribution in [3.8, 4) is 0 Å². The predicted octanol–water partition coefficient (Wildman–Crippen LogP) is 2.57. The van der Waals surface area contributed by atoms with Crippen LogP contribution in [-0.2, 0) is 0 Å². The highest BCUT2D eigenvalue weighted by molar-refractivity contribution is 5.51. The first-order valence-electron chi connectivity index (χ1n) is 5.69. The van der Waals surface area contributed by atoms with Crippen LogP contribution >= 0.6 is 0 Å². The summed E-state index contributed by atoms with van der Waals surface area (Å²) in [5, 5.41) is 3.48. The summed E-state index contributed by atoms with van der Waals surface area (Å²) < 4.78 is 0. The molecular formula is C12H19N3. The molecule has 1 saturated carbocycles. The van der Waals surface area contributed by atoms with E-state index in [0.717, 1.165) is 23.0 Å². The lowest BCUT2D eigenvalue weighted by Gasteiger charge is -2.08. The Bertz CT molecular complexity index is 349. The first kappa shape index (κ1) is 10.3. The first-order valence-corrected chi connectivity index (χ1v) is 5.69. The molecule has 3 nitrogen and oxygen atoms in total. The summed E-state index contributed by atoms with van der Waals surface area (Å²) in [7, 11) is 0. The molecule has 2 atom stereocenters. The number of anilines is 2. The maximum atomic E-state index is 5.66. The Kier molecular flexibility index (Phi) is 2.80. The van der Waals surface area contributed by atoms with Crippen LogP contribution in [0.1, 0.15) is 31.7 Å². The summed E-state index contributed by atoms with van der Waals surface area (Å²) in [6.07, 6.45) is 5.61. The number of pyridine rings is 1. The monoisotopic (exact) mass is 205 g/mol. The molecule has 1 aromatic rings. The molecule has 0 aliphatic heterocycles. The number of nitrogens with zero attached hydrogens (tertiary/aromatic N) is 1. The van der Waals surface area contributed by atoms with Crippen molar-refractivity contribution in [2.75, 3.05) is 11.1 Å². The van der Waals surface area contributed by atoms with Crippen molar-refractivity contribution in [3.05, 3.63) is 17.8 Å². The van der Waals surface area contributed by atoms with E-state index in [1.807, 2.05) is 13.0 Å². The van der Waals surface area contributed by atoms with Crippen molar-refractivity contribution < 1.29 is 0 Å². The van der Waals surface area contributed by atoms with Crippen molar-refractivity contribution in [1.29, 1.82) is 0 Å². The zero-order valence-electron chi connectivity index (χ0n) is 9.46. The van der Waals surface area contributed by atoms with Gasteiger partial charge in [0.25, 0.3) is 0 Å².